The Morgan fingerprint density at radius 1 is 1.22 bits per heavy atom. The van der Waals surface area contributed by atoms with Gasteiger partial charge in [0.2, 0.25) is 0 Å². The number of benzene rings is 1. The van der Waals surface area contributed by atoms with Crippen LogP contribution in [0.25, 0.3) is 0 Å². The highest BCUT2D eigenvalue weighted by Crippen LogP contribution is 1.93. The van der Waals surface area contributed by atoms with Crippen LogP contribution < -0.4 is 5.32 Å². The molecule has 0 spiro atoms. The first-order valence-corrected chi connectivity index (χ1v) is 3.08. The molecule has 0 unspecified atom stereocenters. The predicted molar refractivity (Wildman–Crippen MR) is 37.4 cm³/mol. The summed E-state index contributed by atoms with van der Waals surface area (Å²) in [5.41, 5.74) is 1.33. The number of hydrogen-bond donors (Lipinski definition) is 1. The number of hydrogen-bond acceptors (Lipinski definition) is 0. The molecule has 1 nitrogen and oxygen atoms in total. The SMILES string of the molecule is [CH2-][NH2+]Cc1ccccc1. The number of rotatable bonds is 2. The van der Waals surface area contributed by atoms with Crippen LogP contribution in [0.15, 0.2) is 30.3 Å². The Hall–Kier alpha value is -0.820. The van der Waals surface area contributed by atoms with Gasteiger partial charge in [0.25, 0.3) is 0 Å². The van der Waals surface area contributed by atoms with Crippen molar-refractivity contribution in [2.24, 2.45) is 0 Å². The molecule has 1 rings (SSSR count). The van der Waals surface area contributed by atoms with Crippen LogP contribution in [0.2, 0.25) is 0 Å². The van der Waals surface area contributed by atoms with Crippen LogP contribution in [0.1, 0.15) is 5.56 Å². The lowest BCUT2D eigenvalue weighted by Crippen LogP contribution is -2.74. The minimum Gasteiger partial charge on any atom is -0.475 e. The zero-order valence-corrected chi connectivity index (χ0v) is 5.38. The summed E-state index contributed by atoms with van der Waals surface area (Å²) in [7, 11) is 3.66. The molecule has 0 saturated carbocycles. The van der Waals surface area contributed by atoms with Crippen molar-refractivity contribution in [2.45, 2.75) is 6.54 Å². The largest absolute Gasteiger partial charge is 0.475 e. The van der Waals surface area contributed by atoms with Crippen molar-refractivity contribution in [1.29, 1.82) is 0 Å². The summed E-state index contributed by atoms with van der Waals surface area (Å²) < 4.78 is 0. The average molecular weight is 121 g/mol. The van der Waals surface area contributed by atoms with Crippen molar-refractivity contribution < 1.29 is 5.32 Å². The van der Waals surface area contributed by atoms with Crippen molar-refractivity contribution in [3.8, 4) is 0 Å². The van der Waals surface area contributed by atoms with Gasteiger partial charge in [-0.15, -0.1) is 0 Å². The van der Waals surface area contributed by atoms with Crippen LogP contribution in [0.3, 0.4) is 0 Å². The molecule has 0 radical (unpaired) electrons. The highest BCUT2D eigenvalue weighted by molar-refractivity contribution is 5.12. The van der Waals surface area contributed by atoms with Crippen LogP contribution in [0.4, 0.5) is 0 Å². The second kappa shape index (κ2) is 3.25. The van der Waals surface area contributed by atoms with E-state index < -0.39 is 0 Å². The molecular formula is C8H11N. The van der Waals surface area contributed by atoms with Crippen molar-refractivity contribution >= 4 is 0 Å². The summed E-state index contributed by atoms with van der Waals surface area (Å²) in [5, 5.41) is 1.91. The summed E-state index contributed by atoms with van der Waals surface area (Å²) in [5.74, 6) is 0. The average Bonchev–Trinajstić information content (AvgIpc) is 1.91. The molecule has 0 aliphatic rings. The molecule has 2 N–H and O–H groups in total. The third-order valence-corrected chi connectivity index (χ3v) is 1.22. The monoisotopic (exact) mass is 121 g/mol. The van der Waals surface area contributed by atoms with Gasteiger partial charge in [-0.2, -0.15) is 7.05 Å². The quantitative estimate of drug-likeness (QED) is 0.550. The van der Waals surface area contributed by atoms with Crippen molar-refractivity contribution in [2.75, 3.05) is 0 Å². The Labute approximate surface area is 55.7 Å². The highest BCUT2D eigenvalue weighted by Gasteiger charge is 1.84. The maximum Gasteiger partial charge on any atom is 0.0773 e. The van der Waals surface area contributed by atoms with Crippen LogP contribution in [0.5, 0.6) is 0 Å². The summed E-state index contributed by atoms with van der Waals surface area (Å²) in [6.07, 6.45) is 0. The fraction of sp³-hybridized carbons (Fsp3) is 0.125. The molecule has 0 saturated heterocycles. The topological polar surface area (TPSA) is 16.6 Å². The van der Waals surface area contributed by atoms with E-state index in [4.69, 9.17) is 0 Å². The smallest absolute Gasteiger partial charge is 0.0773 e. The lowest BCUT2D eigenvalue weighted by Gasteiger charge is -1.97. The first-order chi connectivity index (χ1) is 4.43. The zero-order chi connectivity index (χ0) is 6.53. The Balaban J connectivity index is 2.61. The summed E-state index contributed by atoms with van der Waals surface area (Å²) in [6, 6.07) is 10.3. The van der Waals surface area contributed by atoms with Gasteiger partial charge < -0.3 is 5.32 Å². The summed E-state index contributed by atoms with van der Waals surface area (Å²) >= 11 is 0. The van der Waals surface area contributed by atoms with Gasteiger partial charge in [0.15, 0.2) is 0 Å². The van der Waals surface area contributed by atoms with Gasteiger partial charge in [-0.1, -0.05) is 30.3 Å². The Bertz CT molecular complexity index is 157. The molecule has 0 bridgehead atoms. The van der Waals surface area contributed by atoms with E-state index in [0.29, 0.717) is 0 Å². The predicted octanol–water partition coefficient (Wildman–Crippen LogP) is 0.542. The molecule has 0 aromatic heterocycles. The van der Waals surface area contributed by atoms with Gasteiger partial charge in [0.05, 0.1) is 6.54 Å². The Kier molecular flexibility index (Phi) is 2.28. The van der Waals surface area contributed by atoms with Gasteiger partial charge >= 0.3 is 0 Å². The van der Waals surface area contributed by atoms with Gasteiger partial charge in [-0.3, -0.25) is 0 Å². The molecule has 9 heavy (non-hydrogen) atoms. The minimum atomic E-state index is 0.973. The van der Waals surface area contributed by atoms with E-state index >= 15 is 0 Å². The molecular weight excluding hydrogens is 110 g/mol. The summed E-state index contributed by atoms with van der Waals surface area (Å²) in [6.45, 7) is 0.973. The third kappa shape index (κ3) is 1.86. The zero-order valence-electron chi connectivity index (χ0n) is 5.38. The second-order valence-electron chi connectivity index (χ2n) is 1.98. The number of quaternary nitrogens is 1. The number of nitrogens with two attached hydrogens (primary N) is 1. The molecule has 1 aromatic rings. The van der Waals surface area contributed by atoms with E-state index in [1.807, 2.05) is 23.5 Å². The normalized spacial score (nSPS) is 9.44. The molecule has 48 valence electrons. The van der Waals surface area contributed by atoms with Crippen LogP contribution in [-0.4, -0.2) is 0 Å². The lowest BCUT2D eigenvalue weighted by molar-refractivity contribution is -0.612. The van der Waals surface area contributed by atoms with Gasteiger partial charge in [-0.05, 0) is 0 Å². The van der Waals surface area contributed by atoms with E-state index in [1.165, 1.54) is 5.56 Å². The first kappa shape index (κ1) is 6.30. The summed E-state index contributed by atoms with van der Waals surface area (Å²) in [4.78, 5) is 0. The van der Waals surface area contributed by atoms with Crippen LogP contribution >= 0.6 is 0 Å². The molecule has 1 heteroatoms. The first-order valence-electron chi connectivity index (χ1n) is 3.08. The van der Waals surface area contributed by atoms with E-state index in [0.717, 1.165) is 6.54 Å². The van der Waals surface area contributed by atoms with E-state index in [2.05, 4.69) is 19.2 Å². The van der Waals surface area contributed by atoms with E-state index in [9.17, 15) is 0 Å². The second-order valence-corrected chi connectivity index (χ2v) is 1.98. The minimum absolute atomic E-state index is 0.973. The molecule has 0 amide bonds. The maximum absolute atomic E-state index is 3.66. The van der Waals surface area contributed by atoms with Crippen LogP contribution in [0, 0.1) is 7.05 Å². The maximum atomic E-state index is 3.66. The van der Waals surface area contributed by atoms with E-state index in [1.54, 1.807) is 0 Å². The lowest BCUT2D eigenvalue weighted by atomic mass is 10.2. The van der Waals surface area contributed by atoms with Crippen LogP contribution in [-0.2, 0) is 6.54 Å². The fourth-order valence-electron chi connectivity index (χ4n) is 0.781. The van der Waals surface area contributed by atoms with E-state index in [-0.39, 0.29) is 0 Å². The van der Waals surface area contributed by atoms with Gasteiger partial charge in [-0.25, -0.2) is 0 Å². The van der Waals surface area contributed by atoms with Gasteiger partial charge in [0, 0.05) is 5.56 Å². The van der Waals surface area contributed by atoms with Crippen molar-refractivity contribution in [1.82, 2.24) is 0 Å². The van der Waals surface area contributed by atoms with Crippen molar-refractivity contribution in [3.63, 3.8) is 0 Å². The third-order valence-electron chi connectivity index (χ3n) is 1.22. The molecule has 0 fully saturated rings. The highest BCUT2D eigenvalue weighted by atomic mass is 14.8. The molecule has 0 heterocycles. The fourth-order valence-corrected chi connectivity index (χ4v) is 0.781. The molecule has 1 aromatic carbocycles. The molecule has 0 aliphatic carbocycles. The Morgan fingerprint density at radius 2 is 1.89 bits per heavy atom. The molecule has 0 atom stereocenters. The van der Waals surface area contributed by atoms with Crippen molar-refractivity contribution in [3.05, 3.63) is 42.9 Å². The molecule has 0 aliphatic heterocycles. The Morgan fingerprint density at radius 3 is 2.44 bits per heavy atom. The standard InChI is InChI=1S/C8H11N/c1-9-7-8-5-3-2-4-6-8/h2-6H,1,7,9H2. The van der Waals surface area contributed by atoms with Gasteiger partial charge in [0.1, 0.15) is 0 Å².